The fourth-order valence-corrected chi connectivity index (χ4v) is 2.20. The number of carbonyl (C=O) groups excluding carboxylic acids is 1. The number of carbonyl (C=O) groups is 1. The molecule has 2 heterocycles. The Balaban J connectivity index is 2.41. The van der Waals surface area contributed by atoms with Gasteiger partial charge in [0.05, 0.1) is 12.9 Å². The summed E-state index contributed by atoms with van der Waals surface area (Å²) in [6.07, 6.45) is 3.42. The molecule has 0 fully saturated rings. The van der Waals surface area contributed by atoms with Gasteiger partial charge in [-0.15, -0.1) is 0 Å². The zero-order chi connectivity index (χ0) is 16.5. The number of rotatable bonds is 3. The molecule has 22 heavy (non-hydrogen) atoms. The second-order valence-electron chi connectivity index (χ2n) is 5.85. The Bertz CT molecular complexity index is 802. The van der Waals surface area contributed by atoms with E-state index in [1.165, 1.54) is 10.8 Å². The average molecular weight is 326 g/mol. The minimum atomic E-state index is -3.58. The van der Waals surface area contributed by atoms with E-state index in [-0.39, 0.29) is 6.61 Å². The van der Waals surface area contributed by atoms with Gasteiger partial charge in [0.1, 0.15) is 11.2 Å². The van der Waals surface area contributed by atoms with Crippen molar-refractivity contribution in [3.8, 4) is 0 Å². The van der Waals surface area contributed by atoms with Crippen molar-refractivity contribution in [1.29, 1.82) is 0 Å². The first-order valence-corrected chi connectivity index (χ1v) is 8.41. The lowest BCUT2D eigenvalue weighted by molar-refractivity contribution is 0.0543. The van der Waals surface area contributed by atoms with Crippen LogP contribution in [0.5, 0.6) is 0 Å². The highest BCUT2D eigenvalue weighted by Gasteiger charge is 2.21. The molecule has 0 aliphatic rings. The number of pyridine rings is 1. The smallest absolute Gasteiger partial charge is 0.420 e. The van der Waals surface area contributed by atoms with Crippen molar-refractivity contribution in [2.75, 3.05) is 6.26 Å². The fourth-order valence-electron chi connectivity index (χ4n) is 1.86. The first-order chi connectivity index (χ1) is 10.1. The molecule has 0 N–H and O–H groups in total. The maximum Gasteiger partial charge on any atom is 0.420 e. The quantitative estimate of drug-likeness (QED) is 0.804. The molecule has 0 unspecified atom stereocenters. The highest BCUT2D eigenvalue weighted by atomic mass is 32.2. The third-order valence-corrected chi connectivity index (χ3v) is 3.21. The van der Waals surface area contributed by atoms with E-state index in [1.807, 2.05) is 0 Å². The third kappa shape index (κ3) is 4.05. The molecule has 0 atom stereocenters. The molecule has 0 amide bonds. The van der Waals surface area contributed by atoms with Crippen molar-refractivity contribution in [3.63, 3.8) is 0 Å². The molecule has 0 saturated carbocycles. The summed E-state index contributed by atoms with van der Waals surface area (Å²) in [4.78, 5) is 16.4. The highest BCUT2D eigenvalue weighted by molar-refractivity contribution is 7.85. The number of hydrogen-bond donors (Lipinski definition) is 0. The second kappa shape index (κ2) is 5.69. The number of hydrogen-bond acceptors (Lipinski definition) is 6. The first-order valence-electron chi connectivity index (χ1n) is 6.59. The predicted molar refractivity (Wildman–Crippen MR) is 81.0 cm³/mol. The molecule has 7 nitrogen and oxygen atoms in total. The van der Waals surface area contributed by atoms with Crippen molar-refractivity contribution < 1.29 is 22.1 Å². The zero-order valence-corrected chi connectivity index (χ0v) is 13.7. The van der Waals surface area contributed by atoms with Gasteiger partial charge in [0.2, 0.25) is 0 Å². The van der Waals surface area contributed by atoms with Crippen LogP contribution in [0.2, 0.25) is 0 Å². The Morgan fingerprint density at radius 2 is 2.05 bits per heavy atom. The summed E-state index contributed by atoms with van der Waals surface area (Å²) < 4.78 is 33.6. The zero-order valence-electron chi connectivity index (χ0n) is 12.9. The van der Waals surface area contributed by atoms with Gasteiger partial charge >= 0.3 is 6.09 Å². The van der Waals surface area contributed by atoms with Crippen molar-refractivity contribution in [3.05, 3.63) is 30.1 Å². The van der Waals surface area contributed by atoms with Crippen molar-refractivity contribution in [2.24, 2.45) is 0 Å². The van der Waals surface area contributed by atoms with Crippen LogP contribution in [0.1, 0.15) is 26.3 Å². The average Bonchev–Trinajstić information content (AvgIpc) is 2.72. The molecule has 0 spiro atoms. The van der Waals surface area contributed by atoms with Crippen LogP contribution in [0.4, 0.5) is 4.79 Å². The summed E-state index contributed by atoms with van der Waals surface area (Å²) in [5.74, 6) is 0. The van der Waals surface area contributed by atoms with Crippen LogP contribution in [0.25, 0.3) is 11.0 Å². The minimum Gasteiger partial charge on any atom is -0.443 e. The number of fused-ring (bicyclic) bond motifs is 1. The van der Waals surface area contributed by atoms with Crippen LogP contribution in [0.3, 0.4) is 0 Å². The van der Waals surface area contributed by atoms with E-state index in [9.17, 15) is 13.2 Å². The van der Waals surface area contributed by atoms with E-state index < -0.39 is 21.8 Å². The molecule has 0 bridgehead atoms. The van der Waals surface area contributed by atoms with E-state index in [0.29, 0.717) is 16.6 Å². The summed E-state index contributed by atoms with van der Waals surface area (Å²) >= 11 is 0. The summed E-state index contributed by atoms with van der Waals surface area (Å²) in [6.45, 7) is 5.12. The molecular formula is C14H18N2O5S. The van der Waals surface area contributed by atoms with Crippen molar-refractivity contribution in [1.82, 2.24) is 9.55 Å². The molecule has 0 aliphatic carbocycles. The Morgan fingerprint density at radius 3 is 2.64 bits per heavy atom. The largest absolute Gasteiger partial charge is 0.443 e. The Hall–Kier alpha value is -1.93. The maximum absolute atomic E-state index is 12.2. The number of nitrogens with zero attached hydrogens (tertiary/aromatic N) is 2. The van der Waals surface area contributed by atoms with E-state index in [4.69, 9.17) is 8.92 Å². The van der Waals surface area contributed by atoms with Crippen LogP contribution in [-0.2, 0) is 25.6 Å². The monoisotopic (exact) mass is 326 g/mol. The molecule has 8 heteroatoms. The van der Waals surface area contributed by atoms with Gasteiger partial charge in [0, 0.05) is 23.3 Å². The lowest BCUT2D eigenvalue weighted by Crippen LogP contribution is -2.26. The molecule has 0 aliphatic heterocycles. The van der Waals surface area contributed by atoms with Gasteiger partial charge in [0.25, 0.3) is 10.1 Å². The molecular weight excluding hydrogens is 308 g/mol. The Labute approximate surface area is 129 Å². The topological polar surface area (TPSA) is 87.5 Å². The first kappa shape index (κ1) is 16.4. The normalized spacial score (nSPS) is 12.5. The Morgan fingerprint density at radius 1 is 1.36 bits per heavy atom. The predicted octanol–water partition coefficient (Wildman–Crippen LogP) is 2.30. The van der Waals surface area contributed by atoms with Crippen LogP contribution >= 0.6 is 0 Å². The van der Waals surface area contributed by atoms with Gasteiger partial charge in [-0.05, 0) is 32.9 Å². The van der Waals surface area contributed by atoms with Crippen molar-refractivity contribution in [2.45, 2.75) is 33.0 Å². The SMILES string of the molecule is CC(C)(C)OC(=O)n1cc(COS(C)(=O)=O)c2cccnc21. The summed E-state index contributed by atoms with van der Waals surface area (Å²) in [7, 11) is -3.58. The number of ether oxygens (including phenoxy) is 1. The summed E-state index contributed by atoms with van der Waals surface area (Å²) in [6, 6.07) is 3.44. The van der Waals surface area contributed by atoms with Gasteiger partial charge in [-0.1, -0.05) is 0 Å². The highest BCUT2D eigenvalue weighted by Crippen LogP contribution is 2.22. The fraction of sp³-hybridized carbons (Fsp3) is 0.429. The molecule has 0 radical (unpaired) electrons. The van der Waals surface area contributed by atoms with E-state index in [2.05, 4.69) is 4.98 Å². The molecule has 2 rings (SSSR count). The van der Waals surface area contributed by atoms with Gasteiger partial charge in [-0.2, -0.15) is 8.42 Å². The van der Waals surface area contributed by atoms with Crippen LogP contribution in [0, 0.1) is 0 Å². The lowest BCUT2D eigenvalue weighted by atomic mass is 10.2. The molecule has 0 saturated heterocycles. The van der Waals surface area contributed by atoms with Gasteiger partial charge in [0.15, 0.2) is 0 Å². The molecule has 0 aromatic carbocycles. The van der Waals surface area contributed by atoms with Crippen LogP contribution in [0.15, 0.2) is 24.5 Å². The van der Waals surface area contributed by atoms with Gasteiger partial charge in [-0.3, -0.25) is 4.18 Å². The summed E-state index contributed by atoms with van der Waals surface area (Å²) in [5.41, 5.74) is 0.287. The van der Waals surface area contributed by atoms with Crippen LogP contribution in [-0.4, -0.2) is 35.9 Å². The van der Waals surface area contributed by atoms with Crippen LogP contribution < -0.4 is 0 Å². The number of aromatic nitrogens is 2. The van der Waals surface area contributed by atoms with Crippen molar-refractivity contribution >= 4 is 27.2 Å². The van der Waals surface area contributed by atoms with E-state index in [1.54, 1.807) is 39.1 Å². The molecule has 120 valence electrons. The molecule has 2 aromatic heterocycles. The molecule has 2 aromatic rings. The standard InChI is InChI=1S/C14H18N2O5S/c1-14(2,3)21-13(17)16-8-10(9-20-22(4,18)19)11-6-5-7-15-12(11)16/h5-8H,9H2,1-4H3. The lowest BCUT2D eigenvalue weighted by Gasteiger charge is -2.19. The third-order valence-electron chi connectivity index (χ3n) is 2.66. The maximum atomic E-state index is 12.2. The van der Waals surface area contributed by atoms with Gasteiger partial charge < -0.3 is 4.74 Å². The minimum absolute atomic E-state index is 0.170. The Kier molecular flexibility index (Phi) is 4.25. The van der Waals surface area contributed by atoms with E-state index >= 15 is 0 Å². The summed E-state index contributed by atoms with van der Waals surface area (Å²) in [5, 5.41) is 0.636. The van der Waals surface area contributed by atoms with E-state index in [0.717, 1.165) is 6.26 Å². The van der Waals surface area contributed by atoms with Gasteiger partial charge in [-0.25, -0.2) is 14.3 Å². The second-order valence-corrected chi connectivity index (χ2v) is 7.49.